The van der Waals surface area contributed by atoms with Crippen LogP contribution in [0.5, 0.6) is 0 Å². The number of carbonyl (C=O) groups is 3. The van der Waals surface area contributed by atoms with Gasteiger partial charge < -0.3 is 5.11 Å². The largest absolute Gasteiger partial charge is 0.369 e. The minimum Gasteiger partial charge on any atom is -0.369 e. The van der Waals surface area contributed by atoms with Crippen LogP contribution in [0.3, 0.4) is 0 Å². The molecule has 0 radical (unpaired) electrons. The van der Waals surface area contributed by atoms with Gasteiger partial charge in [-0.3, -0.25) is 29.2 Å². The molecule has 2 unspecified atom stereocenters. The second-order valence-electron chi connectivity index (χ2n) is 5.78. The monoisotopic (exact) mass is 303 g/mol. The lowest BCUT2D eigenvalue weighted by Gasteiger charge is -2.38. The number of hydrogen-bond donors (Lipinski definition) is 1. The molecule has 7 heteroatoms. The number of aromatic nitrogens is 1. The highest BCUT2D eigenvalue weighted by atomic mass is 16.3. The molecule has 116 valence electrons. The third kappa shape index (κ3) is 2.00. The number of imide groups is 1. The summed E-state index contributed by atoms with van der Waals surface area (Å²) in [6.45, 7) is 3.49. The molecule has 0 spiro atoms. The van der Waals surface area contributed by atoms with Crippen molar-refractivity contribution in [1.29, 1.82) is 0 Å². The Morgan fingerprint density at radius 2 is 2.05 bits per heavy atom. The molecule has 1 fully saturated rings. The summed E-state index contributed by atoms with van der Waals surface area (Å²) in [5.41, 5.74) is 0.559. The molecule has 3 rings (SSSR count). The molecule has 22 heavy (non-hydrogen) atoms. The van der Waals surface area contributed by atoms with Crippen molar-refractivity contribution < 1.29 is 19.5 Å². The Balaban J connectivity index is 1.94. The van der Waals surface area contributed by atoms with Crippen LogP contribution in [0.1, 0.15) is 49.0 Å². The minimum absolute atomic E-state index is 0.163. The van der Waals surface area contributed by atoms with E-state index in [1.807, 2.05) is 0 Å². The third-order valence-electron chi connectivity index (χ3n) is 4.09. The van der Waals surface area contributed by atoms with Crippen LogP contribution in [0.2, 0.25) is 0 Å². The van der Waals surface area contributed by atoms with Gasteiger partial charge >= 0.3 is 0 Å². The Kier molecular flexibility index (Phi) is 3.44. The van der Waals surface area contributed by atoms with Gasteiger partial charge in [0.05, 0.1) is 0 Å². The number of aliphatic hydroxyl groups is 1. The predicted octanol–water partition coefficient (Wildman–Crippen LogP) is 0.454. The van der Waals surface area contributed by atoms with Crippen molar-refractivity contribution in [2.24, 2.45) is 0 Å². The second-order valence-corrected chi connectivity index (χ2v) is 5.78. The maximum absolute atomic E-state index is 12.6. The number of amides is 3. The van der Waals surface area contributed by atoms with Gasteiger partial charge in [0.15, 0.2) is 6.23 Å². The second kappa shape index (κ2) is 5.17. The fourth-order valence-corrected chi connectivity index (χ4v) is 3.09. The highest BCUT2D eigenvalue weighted by Gasteiger charge is 2.47. The molecule has 2 atom stereocenters. The van der Waals surface area contributed by atoms with E-state index in [1.54, 1.807) is 26.0 Å². The van der Waals surface area contributed by atoms with Crippen LogP contribution in [0.25, 0.3) is 0 Å². The number of hydrogen-bond acceptors (Lipinski definition) is 5. The Morgan fingerprint density at radius 1 is 1.32 bits per heavy atom. The molecule has 1 N–H and O–H groups in total. The van der Waals surface area contributed by atoms with E-state index in [1.165, 1.54) is 11.1 Å². The average molecular weight is 303 g/mol. The lowest BCUT2D eigenvalue weighted by atomic mass is 10.0. The van der Waals surface area contributed by atoms with E-state index in [0.29, 0.717) is 5.56 Å². The molecule has 7 nitrogen and oxygen atoms in total. The zero-order valence-electron chi connectivity index (χ0n) is 12.4. The lowest BCUT2D eigenvalue weighted by molar-refractivity contribution is -0.157. The van der Waals surface area contributed by atoms with E-state index in [9.17, 15) is 19.5 Å². The minimum atomic E-state index is -1.20. The van der Waals surface area contributed by atoms with Gasteiger partial charge in [-0.25, -0.2) is 0 Å². The van der Waals surface area contributed by atoms with Gasteiger partial charge in [0.1, 0.15) is 11.7 Å². The van der Waals surface area contributed by atoms with E-state index in [-0.39, 0.29) is 30.5 Å². The summed E-state index contributed by atoms with van der Waals surface area (Å²) in [4.78, 5) is 43.3. The van der Waals surface area contributed by atoms with Gasteiger partial charge in [-0.15, -0.1) is 0 Å². The summed E-state index contributed by atoms with van der Waals surface area (Å²) in [5, 5.41) is 10.4. The first-order valence-electron chi connectivity index (χ1n) is 7.25. The van der Waals surface area contributed by atoms with Crippen LogP contribution in [0, 0.1) is 0 Å². The van der Waals surface area contributed by atoms with Gasteiger partial charge in [0.25, 0.3) is 11.8 Å². The smallest absolute Gasteiger partial charge is 0.275 e. The molecular formula is C15H17N3O4. The molecule has 0 bridgehead atoms. The zero-order chi connectivity index (χ0) is 16.0. The summed E-state index contributed by atoms with van der Waals surface area (Å²) < 4.78 is 0. The number of carbonyl (C=O) groups excluding carboxylic acids is 3. The normalized spacial score (nSPS) is 25.2. The number of nitrogens with zero attached hydrogens (tertiary/aromatic N) is 3. The SMILES string of the molecule is CC(C)N1C(=O)CCC(N2C(=O)c3ncccc3C2O)C1=O. The molecule has 0 saturated carbocycles. The molecule has 3 amide bonds. The molecule has 1 saturated heterocycles. The summed E-state index contributed by atoms with van der Waals surface area (Å²) >= 11 is 0. The summed E-state index contributed by atoms with van der Waals surface area (Å²) in [6, 6.07) is 2.13. The summed E-state index contributed by atoms with van der Waals surface area (Å²) in [7, 11) is 0. The van der Waals surface area contributed by atoms with Crippen molar-refractivity contribution in [3.63, 3.8) is 0 Å². The molecule has 2 aliphatic heterocycles. The summed E-state index contributed by atoms with van der Waals surface area (Å²) in [6.07, 6.45) is 0.666. The fraction of sp³-hybridized carbons (Fsp3) is 0.467. The van der Waals surface area contributed by atoms with Crippen LogP contribution in [-0.2, 0) is 9.59 Å². The Hall–Kier alpha value is -2.28. The first-order valence-corrected chi connectivity index (χ1v) is 7.25. The maximum Gasteiger partial charge on any atom is 0.275 e. The van der Waals surface area contributed by atoms with Gasteiger partial charge in [0, 0.05) is 24.2 Å². The number of fused-ring (bicyclic) bond motifs is 1. The standard InChI is InChI=1S/C15H17N3O4/c1-8(2)17-11(19)6-5-10(14(17)21)18-13(20)9-4-3-7-16-12(9)15(18)22/h3-4,7-8,10,13,20H,5-6H2,1-2H3. The van der Waals surface area contributed by atoms with Crippen LogP contribution < -0.4 is 0 Å². The van der Waals surface area contributed by atoms with E-state index in [2.05, 4.69) is 4.98 Å². The zero-order valence-corrected chi connectivity index (χ0v) is 12.4. The molecular weight excluding hydrogens is 286 g/mol. The highest BCUT2D eigenvalue weighted by molar-refractivity contribution is 6.05. The Bertz CT molecular complexity index is 658. The van der Waals surface area contributed by atoms with Crippen molar-refractivity contribution in [2.45, 2.75) is 45.0 Å². The van der Waals surface area contributed by atoms with Crippen LogP contribution in [0.4, 0.5) is 0 Å². The van der Waals surface area contributed by atoms with Crippen molar-refractivity contribution in [1.82, 2.24) is 14.8 Å². The average Bonchev–Trinajstić information content (AvgIpc) is 2.72. The molecule has 0 aliphatic carbocycles. The number of likely N-dealkylation sites (tertiary alicyclic amines) is 1. The quantitative estimate of drug-likeness (QED) is 0.801. The van der Waals surface area contributed by atoms with Crippen LogP contribution in [0.15, 0.2) is 18.3 Å². The predicted molar refractivity (Wildman–Crippen MR) is 75.4 cm³/mol. The van der Waals surface area contributed by atoms with E-state index >= 15 is 0 Å². The van der Waals surface area contributed by atoms with Gasteiger partial charge in [-0.05, 0) is 26.3 Å². The maximum atomic E-state index is 12.6. The van der Waals surface area contributed by atoms with E-state index in [0.717, 1.165) is 4.90 Å². The van der Waals surface area contributed by atoms with Crippen molar-refractivity contribution in [2.75, 3.05) is 0 Å². The van der Waals surface area contributed by atoms with E-state index < -0.39 is 24.1 Å². The van der Waals surface area contributed by atoms with Crippen molar-refractivity contribution in [3.05, 3.63) is 29.6 Å². The third-order valence-corrected chi connectivity index (χ3v) is 4.09. The van der Waals surface area contributed by atoms with Crippen molar-refractivity contribution in [3.8, 4) is 0 Å². The Labute approximate surface area is 127 Å². The van der Waals surface area contributed by atoms with Crippen LogP contribution in [-0.4, -0.2) is 49.7 Å². The van der Waals surface area contributed by atoms with Gasteiger partial charge in [-0.1, -0.05) is 6.07 Å². The number of piperidine rings is 1. The molecule has 3 heterocycles. The lowest BCUT2D eigenvalue weighted by Crippen LogP contribution is -2.57. The topological polar surface area (TPSA) is 90.8 Å². The van der Waals surface area contributed by atoms with Crippen LogP contribution >= 0.6 is 0 Å². The first-order chi connectivity index (χ1) is 10.4. The molecule has 1 aromatic heterocycles. The van der Waals surface area contributed by atoms with E-state index in [4.69, 9.17) is 0 Å². The highest BCUT2D eigenvalue weighted by Crippen LogP contribution is 2.35. The number of aliphatic hydroxyl groups excluding tert-OH is 1. The number of pyridine rings is 1. The number of rotatable bonds is 2. The van der Waals surface area contributed by atoms with Gasteiger partial charge in [-0.2, -0.15) is 0 Å². The first kappa shape index (κ1) is 14.6. The van der Waals surface area contributed by atoms with Crippen molar-refractivity contribution >= 4 is 17.7 Å². The molecule has 0 aromatic carbocycles. The summed E-state index contributed by atoms with van der Waals surface area (Å²) in [5.74, 6) is -1.15. The Morgan fingerprint density at radius 3 is 2.68 bits per heavy atom. The van der Waals surface area contributed by atoms with Gasteiger partial charge in [0.2, 0.25) is 5.91 Å². The molecule has 1 aromatic rings. The fourth-order valence-electron chi connectivity index (χ4n) is 3.09. The molecule has 2 aliphatic rings.